The summed E-state index contributed by atoms with van der Waals surface area (Å²) in [6.07, 6.45) is 1.64. The molecule has 0 N–H and O–H groups in total. The van der Waals surface area contributed by atoms with Crippen LogP contribution in [0.1, 0.15) is 23.9 Å². The van der Waals surface area contributed by atoms with Crippen molar-refractivity contribution in [1.82, 2.24) is 9.78 Å². The van der Waals surface area contributed by atoms with Crippen LogP contribution in [0, 0.1) is 12.8 Å². The van der Waals surface area contributed by atoms with Gasteiger partial charge in [0, 0.05) is 11.1 Å². The SMILES string of the molecule is Cc1nn(-c2ccccc2)c2c1C(Cl)=C(C=O)[C@H](C)C2. The lowest BCUT2D eigenvalue weighted by molar-refractivity contribution is -0.105. The molecule has 2 aromatic rings. The lowest BCUT2D eigenvalue weighted by Crippen LogP contribution is -2.15. The molecule has 0 amide bonds. The molecule has 3 nitrogen and oxygen atoms in total. The van der Waals surface area contributed by atoms with Gasteiger partial charge in [-0.25, -0.2) is 4.68 Å². The Labute approximate surface area is 122 Å². The van der Waals surface area contributed by atoms with Gasteiger partial charge >= 0.3 is 0 Å². The normalized spacial score (nSPS) is 18.1. The predicted molar refractivity (Wildman–Crippen MR) is 80.0 cm³/mol. The standard InChI is InChI=1S/C16H15ClN2O/c1-10-8-14-15(16(17)13(10)9-20)11(2)18-19(14)12-6-4-3-5-7-12/h3-7,9-10H,8H2,1-2H3/t10-/m1/s1. The number of nitrogens with zero attached hydrogens (tertiary/aromatic N) is 2. The van der Waals surface area contributed by atoms with E-state index in [9.17, 15) is 4.79 Å². The number of hydrogen-bond acceptors (Lipinski definition) is 2. The third kappa shape index (κ3) is 1.90. The summed E-state index contributed by atoms with van der Waals surface area (Å²) >= 11 is 6.41. The summed E-state index contributed by atoms with van der Waals surface area (Å²) < 4.78 is 1.94. The number of benzene rings is 1. The molecular formula is C16H15ClN2O. The highest BCUT2D eigenvalue weighted by atomic mass is 35.5. The quantitative estimate of drug-likeness (QED) is 0.792. The number of hydrogen-bond donors (Lipinski definition) is 0. The number of para-hydroxylation sites is 1. The number of aldehydes is 1. The van der Waals surface area contributed by atoms with Gasteiger partial charge in [-0.1, -0.05) is 36.7 Å². The zero-order chi connectivity index (χ0) is 14.3. The first-order valence-electron chi connectivity index (χ1n) is 6.62. The van der Waals surface area contributed by atoms with Gasteiger partial charge in [0.25, 0.3) is 0 Å². The molecule has 1 aromatic heterocycles. The molecule has 1 aromatic carbocycles. The Kier molecular flexibility index (Phi) is 3.22. The van der Waals surface area contributed by atoms with E-state index in [-0.39, 0.29) is 5.92 Å². The van der Waals surface area contributed by atoms with Gasteiger partial charge in [0.15, 0.2) is 0 Å². The first-order valence-corrected chi connectivity index (χ1v) is 7.00. The van der Waals surface area contributed by atoms with Crippen LogP contribution in [0.3, 0.4) is 0 Å². The van der Waals surface area contributed by atoms with Crippen LogP contribution in [0.25, 0.3) is 10.7 Å². The van der Waals surface area contributed by atoms with Gasteiger partial charge in [-0.3, -0.25) is 4.79 Å². The van der Waals surface area contributed by atoms with Crippen molar-refractivity contribution in [2.24, 2.45) is 5.92 Å². The molecule has 1 aliphatic carbocycles. The lowest BCUT2D eigenvalue weighted by Gasteiger charge is -2.21. The van der Waals surface area contributed by atoms with Gasteiger partial charge in [0.2, 0.25) is 0 Å². The maximum atomic E-state index is 11.2. The third-order valence-corrected chi connectivity index (χ3v) is 4.19. The Morgan fingerprint density at radius 2 is 2.05 bits per heavy atom. The average Bonchev–Trinajstić information content (AvgIpc) is 2.77. The molecule has 102 valence electrons. The summed E-state index contributed by atoms with van der Waals surface area (Å²) in [4.78, 5) is 11.2. The van der Waals surface area contributed by atoms with E-state index in [1.807, 2.05) is 48.9 Å². The van der Waals surface area contributed by atoms with Crippen LogP contribution in [-0.2, 0) is 11.2 Å². The monoisotopic (exact) mass is 286 g/mol. The fraction of sp³-hybridized carbons (Fsp3) is 0.250. The van der Waals surface area contributed by atoms with E-state index in [0.29, 0.717) is 10.6 Å². The number of fused-ring (bicyclic) bond motifs is 1. The highest BCUT2D eigenvalue weighted by Crippen LogP contribution is 2.38. The predicted octanol–water partition coefficient (Wildman–Crippen LogP) is 3.52. The van der Waals surface area contributed by atoms with Gasteiger partial charge in [-0.15, -0.1) is 0 Å². The van der Waals surface area contributed by atoms with Crippen molar-refractivity contribution in [3.8, 4) is 5.69 Å². The van der Waals surface area contributed by atoms with Crippen molar-refractivity contribution in [3.05, 3.63) is 52.9 Å². The molecule has 0 unspecified atom stereocenters. The third-order valence-electron chi connectivity index (χ3n) is 3.79. The van der Waals surface area contributed by atoms with Crippen LogP contribution < -0.4 is 0 Å². The number of halogens is 1. The van der Waals surface area contributed by atoms with Crippen molar-refractivity contribution in [3.63, 3.8) is 0 Å². The number of allylic oxidation sites excluding steroid dienone is 1. The van der Waals surface area contributed by atoms with Crippen molar-refractivity contribution in [2.75, 3.05) is 0 Å². The Balaban J connectivity index is 2.24. The fourth-order valence-corrected chi connectivity index (χ4v) is 3.24. The number of carbonyl (C=O) groups is 1. The minimum atomic E-state index is 0.117. The summed E-state index contributed by atoms with van der Waals surface area (Å²) in [6.45, 7) is 3.95. The van der Waals surface area contributed by atoms with Gasteiger partial charge < -0.3 is 0 Å². The van der Waals surface area contributed by atoms with Crippen LogP contribution in [0.2, 0.25) is 0 Å². The van der Waals surface area contributed by atoms with E-state index in [0.717, 1.165) is 35.3 Å². The molecule has 0 fully saturated rings. The topological polar surface area (TPSA) is 34.9 Å². The second-order valence-corrected chi connectivity index (χ2v) is 5.52. The molecule has 0 bridgehead atoms. The summed E-state index contributed by atoms with van der Waals surface area (Å²) in [6, 6.07) is 9.99. The molecule has 0 aliphatic heterocycles. The van der Waals surface area contributed by atoms with Crippen LogP contribution in [0.5, 0.6) is 0 Å². The molecule has 0 spiro atoms. The zero-order valence-electron chi connectivity index (χ0n) is 11.4. The van der Waals surface area contributed by atoms with Crippen molar-refractivity contribution >= 4 is 22.9 Å². The summed E-state index contributed by atoms with van der Waals surface area (Å²) in [5.41, 5.74) is 4.55. The van der Waals surface area contributed by atoms with Gasteiger partial charge in [-0.2, -0.15) is 5.10 Å². The van der Waals surface area contributed by atoms with E-state index < -0.39 is 0 Å². The number of carbonyl (C=O) groups excluding carboxylic acids is 1. The first kappa shape index (κ1) is 13.1. The minimum absolute atomic E-state index is 0.117. The van der Waals surface area contributed by atoms with Crippen molar-refractivity contribution < 1.29 is 4.79 Å². The lowest BCUT2D eigenvalue weighted by atomic mass is 9.87. The molecule has 1 atom stereocenters. The molecular weight excluding hydrogens is 272 g/mol. The van der Waals surface area contributed by atoms with Crippen LogP contribution in [0.15, 0.2) is 35.9 Å². The molecule has 1 heterocycles. The van der Waals surface area contributed by atoms with Gasteiger partial charge in [0.1, 0.15) is 6.29 Å². The van der Waals surface area contributed by atoms with E-state index >= 15 is 0 Å². The summed E-state index contributed by atoms with van der Waals surface area (Å²) in [7, 11) is 0. The maximum Gasteiger partial charge on any atom is 0.147 e. The molecule has 4 heteroatoms. The number of rotatable bonds is 2. The Morgan fingerprint density at radius 3 is 2.70 bits per heavy atom. The highest BCUT2D eigenvalue weighted by molar-refractivity contribution is 6.51. The zero-order valence-corrected chi connectivity index (χ0v) is 12.2. The fourth-order valence-electron chi connectivity index (χ4n) is 2.76. The molecule has 0 radical (unpaired) electrons. The van der Waals surface area contributed by atoms with Crippen molar-refractivity contribution in [2.45, 2.75) is 20.3 Å². The van der Waals surface area contributed by atoms with Gasteiger partial charge in [0.05, 0.1) is 22.1 Å². The summed E-state index contributed by atoms with van der Waals surface area (Å²) in [5, 5.41) is 5.15. The minimum Gasteiger partial charge on any atom is -0.298 e. The summed E-state index contributed by atoms with van der Waals surface area (Å²) in [5.74, 6) is 0.117. The van der Waals surface area contributed by atoms with Crippen LogP contribution in [-0.4, -0.2) is 16.1 Å². The number of aromatic nitrogens is 2. The van der Waals surface area contributed by atoms with Crippen LogP contribution in [0.4, 0.5) is 0 Å². The van der Waals surface area contributed by atoms with E-state index in [4.69, 9.17) is 11.6 Å². The average molecular weight is 287 g/mol. The Morgan fingerprint density at radius 1 is 1.35 bits per heavy atom. The second kappa shape index (κ2) is 4.91. The second-order valence-electron chi connectivity index (χ2n) is 5.15. The Hall–Kier alpha value is -1.87. The molecule has 0 saturated carbocycles. The Bertz CT molecular complexity index is 701. The van der Waals surface area contributed by atoms with E-state index in [1.165, 1.54) is 0 Å². The molecule has 20 heavy (non-hydrogen) atoms. The molecule has 3 rings (SSSR count). The van der Waals surface area contributed by atoms with E-state index in [2.05, 4.69) is 5.10 Å². The molecule has 0 saturated heterocycles. The largest absolute Gasteiger partial charge is 0.298 e. The van der Waals surface area contributed by atoms with E-state index in [1.54, 1.807) is 0 Å². The van der Waals surface area contributed by atoms with Crippen molar-refractivity contribution in [1.29, 1.82) is 0 Å². The highest BCUT2D eigenvalue weighted by Gasteiger charge is 2.29. The van der Waals surface area contributed by atoms with Gasteiger partial charge in [-0.05, 0) is 31.4 Å². The molecule has 1 aliphatic rings. The number of aryl methyl sites for hydroxylation is 1. The maximum absolute atomic E-state index is 11.2. The van der Waals surface area contributed by atoms with Crippen LogP contribution >= 0.6 is 11.6 Å². The first-order chi connectivity index (χ1) is 9.63. The smallest absolute Gasteiger partial charge is 0.147 e.